The van der Waals surface area contributed by atoms with E-state index in [9.17, 15) is 0 Å². The van der Waals surface area contributed by atoms with Crippen LogP contribution in [0.5, 0.6) is 0 Å². The molecular formula is C13H13N3OS. The Morgan fingerprint density at radius 1 is 1.33 bits per heavy atom. The first-order chi connectivity index (χ1) is 8.78. The van der Waals surface area contributed by atoms with Crippen LogP contribution in [0.2, 0.25) is 0 Å². The molecule has 18 heavy (non-hydrogen) atoms. The summed E-state index contributed by atoms with van der Waals surface area (Å²) in [6.07, 6.45) is 4.32. The zero-order valence-corrected chi connectivity index (χ0v) is 10.8. The number of hydrogen-bond donors (Lipinski definition) is 1. The van der Waals surface area contributed by atoms with Crippen molar-refractivity contribution < 1.29 is 5.11 Å². The average Bonchev–Trinajstić information content (AvgIpc) is 2.97. The second kappa shape index (κ2) is 4.51. The molecule has 0 saturated carbocycles. The molecule has 2 heterocycles. The number of nitrogens with zero attached hydrogens (tertiary/aromatic N) is 3. The molecule has 0 bridgehead atoms. The van der Waals surface area contributed by atoms with Crippen molar-refractivity contribution in [1.82, 2.24) is 14.5 Å². The minimum absolute atomic E-state index is 0.168. The summed E-state index contributed by atoms with van der Waals surface area (Å²) in [5.41, 5.74) is 3.18. The summed E-state index contributed by atoms with van der Waals surface area (Å²) in [6.45, 7) is 0.168. The Hall–Kier alpha value is -1.72. The van der Waals surface area contributed by atoms with E-state index in [4.69, 9.17) is 5.11 Å². The number of hydrogen-bond acceptors (Lipinski definition) is 4. The minimum Gasteiger partial charge on any atom is -0.396 e. The number of imidazole rings is 1. The Bertz CT molecular complexity index is 686. The van der Waals surface area contributed by atoms with Crippen molar-refractivity contribution in [2.45, 2.75) is 6.42 Å². The van der Waals surface area contributed by atoms with Gasteiger partial charge < -0.3 is 9.67 Å². The molecule has 0 spiro atoms. The van der Waals surface area contributed by atoms with E-state index in [0.29, 0.717) is 6.42 Å². The fourth-order valence-electron chi connectivity index (χ4n) is 1.94. The van der Waals surface area contributed by atoms with Gasteiger partial charge in [-0.1, -0.05) is 0 Å². The maximum Gasteiger partial charge on any atom is 0.123 e. The summed E-state index contributed by atoms with van der Waals surface area (Å²) >= 11 is 1.62. The molecule has 0 aliphatic heterocycles. The van der Waals surface area contributed by atoms with Crippen molar-refractivity contribution in [2.24, 2.45) is 7.05 Å². The van der Waals surface area contributed by atoms with Crippen LogP contribution in [0.15, 0.2) is 30.7 Å². The molecule has 0 saturated heterocycles. The Morgan fingerprint density at radius 3 is 3.06 bits per heavy atom. The monoisotopic (exact) mass is 259 g/mol. The van der Waals surface area contributed by atoms with E-state index in [-0.39, 0.29) is 6.61 Å². The van der Waals surface area contributed by atoms with Gasteiger partial charge in [0.05, 0.1) is 17.4 Å². The number of aromatic nitrogens is 3. The Morgan fingerprint density at radius 2 is 2.22 bits per heavy atom. The van der Waals surface area contributed by atoms with Gasteiger partial charge in [0.2, 0.25) is 0 Å². The fraction of sp³-hybridized carbons (Fsp3) is 0.231. The molecule has 0 aliphatic rings. The third-order valence-electron chi connectivity index (χ3n) is 2.88. The molecule has 1 N–H and O–H groups in total. The van der Waals surface area contributed by atoms with Crippen molar-refractivity contribution in [1.29, 1.82) is 0 Å². The largest absolute Gasteiger partial charge is 0.396 e. The molecule has 5 heteroatoms. The topological polar surface area (TPSA) is 50.9 Å². The van der Waals surface area contributed by atoms with Gasteiger partial charge in [-0.3, -0.25) is 0 Å². The predicted molar refractivity (Wildman–Crippen MR) is 72.6 cm³/mol. The summed E-state index contributed by atoms with van der Waals surface area (Å²) in [6, 6.07) is 6.17. The van der Waals surface area contributed by atoms with Crippen LogP contribution in [-0.2, 0) is 13.5 Å². The SMILES string of the molecule is Cn1cnc2cc(-c3ncc(CCO)s3)ccc21. The van der Waals surface area contributed by atoms with Gasteiger partial charge >= 0.3 is 0 Å². The van der Waals surface area contributed by atoms with Gasteiger partial charge in [-0.25, -0.2) is 9.97 Å². The minimum atomic E-state index is 0.168. The van der Waals surface area contributed by atoms with Crippen molar-refractivity contribution in [2.75, 3.05) is 6.61 Å². The van der Waals surface area contributed by atoms with Crippen LogP contribution in [0.25, 0.3) is 21.6 Å². The molecule has 2 aromatic heterocycles. The van der Waals surface area contributed by atoms with Crippen LogP contribution in [-0.4, -0.2) is 26.2 Å². The standard InChI is InChI=1S/C13H13N3OS/c1-16-8-15-11-6-9(2-3-12(11)16)13-14-7-10(18-13)4-5-17/h2-3,6-8,17H,4-5H2,1H3. The van der Waals surface area contributed by atoms with Crippen LogP contribution in [0, 0.1) is 0 Å². The van der Waals surface area contributed by atoms with Crippen molar-refractivity contribution >= 4 is 22.4 Å². The average molecular weight is 259 g/mol. The lowest BCUT2D eigenvalue weighted by Gasteiger charge is -1.97. The highest BCUT2D eigenvalue weighted by atomic mass is 32.1. The zero-order valence-electron chi connectivity index (χ0n) is 10.00. The van der Waals surface area contributed by atoms with E-state index in [1.54, 1.807) is 11.3 Å². The third kappa shape index (κ3) is 1.91. The molecule has 0 unspecified atom stereocenters. The van der Waals surface area contributed by atoms with Gasteiger partial charge in [0.1, 0.15) is 5.01 Å². The van der Waals surface area contributed by atoms with E-state index in [1.807, 2.05) is 24.1 Å². The van der Waals surface area contributed by atoms with Gasteiger partial charge in [-0.15, -0.1) is 11.3 Å². The Balaban J connectivity index is 2.02. The first kappa shape index (κ1) is 11.4. The van der Waals surface area contributed by atoms with E-state index in [0.717, 1.165) is 26.5 Å². The van der Waals surface area contributed by atoms with E-state index < -0.39 is 0 Å². The normalized spacial score (nSPS) is 11.2. The van der Waals surface area contributed by atoms with Crippen LogP contribution in [0.3, 0.4) is 0 Å². The Kier molecular flexibility index (Phi) is 2.85. The van der Waals surface area contributed by atoms with Gasteiger partial charge in [0, 0.05) is 36.7 Å². The molecule has 3 rings (SSSR count). The number of aliphatic hydroxyl groups excluding tert-OH is 1. The van der Waals surface area contributed by atoms with Gasteiger partial charge in [0.15, 0.2) is 0 Å². The molecule has 0 atom stereocenters. The highest BCUT2D eigenvalue weighted by molar-refractivity contribution is 7.15. The summed E-state index contributed by atoms with van der Waals surface area (Å²) in [4.78, 5) is 9.84. The molecule has 4 nitrogen and oxygen atoms in total. The lowest BCUT2D eigenvalue weighted by Crippen LogP contribution is -1.84. The molecule has 92 valence electrons. The first-order valence-corrected chi connectivity index (χ1v) is 6.56. The third-order valence-corrected chi connectivity index (χ3v) is 3.99. The number of aliphatic hydroxyl groups is 1. The molecule has 3 aromatic rings. The molecule has 1 aromatic carbocycles. The highest BCUT2D eigenvalue weighted by Gasteiger charge is 2.07. The highest BCUT2D eigenvalue weighted by Crippen LogP contribution is 2.27. The van der Waals surface area contributed by atoms with Crippen LogP contribution >= 0.6 is 11.3 Å². The first-order valence-electron chi connectivity index (χ1n) is 5.75. The lowest BCUT2D eigenvalue weighted by molar-refractivity contribution is 0.300. The molecule has 0 aliphatic carbocycles. The van der Waals surface area contributed by atoms with Crippen molar-refractivity contribution in [3.8, 4) is 10.6 Å². The quantitative estimate of drug-likeness (QED) is 0.784. The summed E-state index contributed by atoms with van der Waals surface area (Å²) in [5.74, 6) is 0. The van der Waals surface area contributed by atoms with Crippen LogP contribution < -0.4 is 0 Å². The van der Waals surface area contributed by atoms with E-state index in [2.05, 4.69) is 28.2 Å². The maximum atomic E-state index is 8.91. The van der Waals surface area contributed by atoms with Gasteiger partial charge in [0.25, 0.3) is 0 Å². The zero-order chi connectivity index (χ0) is 12.5. The fourth-order valence-corrected chi connectivity index (χ4v) is 2.83. The van der Waals surface area contributed by atoms with Crippen molar-refractivity contribution in [3.05, 3.63) is 35.6 Å². The maximum absolute atomic E-state index is 8.91. The predicted octanol–water partition coefficient (Wildman–Crippen LogP) is 2.23. The smallest absolute Gasteiger partial charge is 0.123 e. The van der Waals surface area contributed by atoms with Gasteiger partial charge in [-0.2, -0.15) is 0 Å². The summed E-state index contributed by atoms with van der Waals surface area (Å²) in [7, 11) is 1.98. The number of benzene rings is 1. The second-order valence-electron chi connectivity index (χ2n) is 4.16. The molecule has 0 radical (unpaired) electrons. The molecule has 0 fully saturated rings. The summed E-state index contributed by atoms with van der Waals surface area (Å²) in [5, 5.41) is 9.89. The van der Waals surface area contributed by atoms with Crippen molar-refractivity contribution in [3.63, 3.8) is 0 Å². The van der Waals surface area contributed by atoms with Gasteiger partial charge in [-0.05, 0) is 18.2 Å². The van der Waals surface area contributed by atoms with E-state index >= 15 is 0 Å². The second-order valence-corrected chi connectivity index (χ2v) is 5.28. The van der Waals surface area contributed by atoms with E-state index in [1.165, 1.54) is 0 Å². The number of rotatable bonds is 3. The molecule has 0 amide bonds. The number of thiazole rings is 1. The molecular weight excluding hydrogens is 246 g/mol. The Labute approximate surface area is 109 Å². The summed E-state index contributed by atoms with van der Waals surface area (Å²) < 4.78 is 2.00. The lowest BCUT2D eigenvalue weighted by atomic mass is 10.2. The van der Waals surface area contributed by atoms with Crippen LogP contribution in [0.1, 0.15) is 4.88 Å². The van der Waals surface area contributed by atoms with Crippen LogP contribution in [0.4, 0.5) is 0 Å². The number of aryl methyl sites for hydroxylation is 1. The number of fused-ring (bicyclic) bond motifs is 1.